The first kappa shape index (κ1) is 19.9. The van der Waals surface area contributed by atoms with Gasteiger partial charge in [-0.05, 0) is 45.4 Å². The molecule has 0 bridgehead atoms. The summed E-state index contributed by atoms with van der Waals surface area (Å²) in [5, 5.41) is 3.43. The number of hydrogen-bond acceptors (Lipinski definition) is 4. The molecule has 1 atom stereocenters. The Morgan fingerprint density at radius 1 is 0.955 bits per heavy atom. The summed E-state index contributed by atoms with van der Waals surface area (Å²) in [5.74, 6) is 1.29. The fraction of sp³-hybridized carbons (Fsp3) is 1.00. The van der Waals surface area contributed by atoms with Crippen LogP contribution in [0.4, 0.5) is 0 Å². The van der Waals surface area contributed by atoms with Gasteiger partial charge in [-0.3, -0.25) is 0 Å². The van der Waals surface area contributed by atoms with E-state index in [1.807, 2.05) is 0 Å². The molecule has 1 rings (SSSR count). The van der Waals surface area contributed by atoms with Crippen molar-refractivity contribution in [1.29, 1.82) is 0 Å². The zero-order chi connectivity index (χ0) is 16.6. The van der Waals surface area contributed by atoms with Crippen LogP contribution in [0, 0.1) is 11.8 Å². The van der Waals surface area contributed by atoms with Crippen LogP contribution < -0.4 is 5.32 Å². The van der Waals surface area contributed by atoms with Crippen LogP contribution in [0.2, 0.25) is 0 Å². The minimum Gasteiger partial charge on any atom is -0.379 e. The van der Waals surface area contributed by atoms with E-state index >= 15 is 0 Å². The van der Waals surface area contributed by atoms with Crippen LogP contribution in [0.5, 0.6) is 0 Å². The van der Waals surface area contributed by atoms with Gasteiger partial charge in [0.25, 0.3) is 0 Å². The van der Waals surface area contributed by atoms with Gasteiger partial charge in [-0.1, -0.05) is 20.8 Å². The Kier molecular flexibility index (Phi) is 8.91. The number of nitrogens with one attached hydrogen (secondary N) is 1. The molecule has 132 valence electrons. The summed E-state index contributed by atoms with van der Waals surface area (Å²) in [6.07, 6.45) is 2.80. The first-order valence-corrected chi connectivity index (χ1v) is 8.84. The molecule has 0 aromatic carbocycles. The summed E-state index contributed by atoms with van der Waals surface area (Å²) < 4.78 is 17.3. The second-order valence-corrected chi connectivity index (χ2v) is 7.93. The van der Waals surface area contributed by atoms with E-state index < -0.39 is 0 Å². The molecule has 0 unspecified atom stereocenters. The summed E-state index contributed by atoms with van der Waals surface area (Å²) in [4.78, 5) is 0. The van der Waals surface area contributed by atoms with Crippen molar-refractivity contribution in [3.8, 4) is 0 Å². The Bertz CT molecular complexity index is 283. The molecule has 0 heterocycles. The highest BCUT2D eigenvalue weighted by atomic mass is 16.5. The van der Waals surface area contributed by atoms with Gasteiger partial charge in [0.1, 0.15) is 0 Å². The van der Waals surface area contributed by atoms with Gasteiger partial charge in [0.15, 0.2) is 0 Å². The van der Waals surface area contributed by atoms with Crippen molar-refractivity contribution in [2.45, 2.75) is 72.1 Å². The lowest BCUT2D eigenvalue weighted by Gasteiger charge is -2.35. The molecule has 0 spiro atoms. The van der Waals surface area contributed by atoms with Crippen LogP contribution in [-0.2, 0) is 14.2 Å². The lowest BCUT2D eigenvalue weighted by molar-refractivity contribution is -0.110. The van der Waals surface area contributed by atoms with Crippen molar-refractivity contribution in [3.63, 3.8) is 0 Å². The van der Waals surface area contributed by atoms with Gasteiger partial charge in [0, 0.05) is 18.7 Å². The molecule has 0 saturated heterocycles. The third kappa shape index (κ3) is 9.09. The summed E-state index contributed by atoms with van der Waals surface area (Å²) in [7, 11) is 0. The van der Waals surface area contributed by atoms with Gasteiger partial charge in [0.05, 0.1) is 32.0 Å². The van der Waals surface area contributed by atoms with E-state index in [2.05, 4.69) is 46.9 Å². The molecule has 0 radical (unpaired) electrons. The maximum absolute atomic E-state index is 5.82. The van der Waals surface area contributed by atoms with Crippen molar-refractivity contribution in [1.82, 2.24) is 5.32 Å². The highest BCUT2D eigenvalue weighted by molar-refractivity contribution is 4.81. The molecular formula is C18H37NO3. The van der Waals surface area contributed by atoms with E-state index in [1.165, 1.54) is 0 Å². The Morgan fingerprint density at radius 3 is 2.09 bits per heavy atom. The minimum atomic E-state index is 0.168. The predicted octanol–water partition coefficient (Wildman–Crippen LogP) is 3.25. The third-order valence-corrected chi connectivity index (χ3v) is 4.26. The minimum absolute atomic E-state index is 0.168. The van der Waals surface area contributed by atoms with E-state index in [0.29, 0.717) is 37.3 Å². The summed E-state index contributed by atoms with van der Waals surface area (Å²) in [5.41, 5.74) is 0.168. The monoisotopic (exact) mass is 315 g/mol. The Hall–Kier alpha value is -0.160. The van der Waals surface area contributed by atoms with Crippen LogP contribution in [0.3, 0.4) is 0 Å². The van der Waals surface area contributed by atoms with Crippen LogP contribution in [0.15, 0.2) is 0 Å². The molecular weight excluding hydrogens is 278 g/mol. The van der Waals surface area contributed by atoms with E-state index in [1.54, 1.807) is 0 Å². The fourth-order valence-electron chi connectivity index (χ4n) is 2.18. The Labute approximate surface area is 137 Å². The van der Waals surface area contributed by atoms with E-state index in [9.17, 15) is 0 Å². The highest BCUT2D eigenvalue weighted by Crippen LogP contribution is 2.26. The molecule has 1 fully saturated rings. The molecule has 0 aromatic heterocycles. The molecule has 1 saturated carbocycles. The zero-order valence-electron chi connectivity index (χ0n) is 15.5. The first-order valence-electron chi connectivity index (χ1n) is 8.84. The van der Waals surface area contributed by atoms with Gasteiger partial charge in [-0.15, -0.1) is 0 Å². The van der Waals surface area contributed by atoms with Gasteiger partial charge in [0.2, 0.25) is 0 Å². The van der Waals surface area contributed by atoms with Gasteiger partial charge in [-0.25, -0.2) is 0 Å². The SMILES string of the molecule is CC(C)[C@H](C)COCCO[C@H]1C[C@H](OCCNC(C)(C)C)C1. The van der Waals surface area contributed by atoms with E-state index in [4.69, 9.17) is 14.2 Å². The van der Waals surface area contributed by atoms with Gasteiger partial charge in [-0.2, -0.15) is 0 Å². The van der Waals surface area contributed by atoms with Crippen LogP contribution in [0.25, 0.3) is 0 Å². The smallest absolute Gasteiger partial charge is 0.0704 e. The molecule has 0 amide bonds. The summed E-state index contributed by atoms with van der Waals surface area (Å²) in [6, 6.07) is 0. The molecule has 0 aromatic rings. The molecule has 22 heavy (non-hydrogen) atoms. The largest absolute Gasteiger partial charge is 0.379 e. The second-order valence-electron chi connectivity index (χ2n) is 7.93. The maximum Gasteiger partial charge on any atom is 0.0704 e. The average Bonchev–Trinajstić information content (AvgIpc) is 2.36. The van der Waals surface area contributed by atoms with Crippen molar-refractivity contribution >= 4 is 0 Å². The van der Waals surface area contributed by atoms with E-state index in [-0.39, 0.29) is 5.54 Å². The number of hydrogen-bond donors (Lipinski definition) is 1. The van der Waals surface area contributed by atoms with E-state index in [0.717, 1.165) is 32.6 Å². The zero-order valence-corrected chi connectivity index (χ0v) is 15.5. The molecule has 4 heteroatoms. The van der Waals surface area contributed by atoms with Crippen LogP contribution in [-0.4, -0.2) is 50.7 Å². The predicted molar refractivity (Wildman–Crippen MR) is 91.3 cm³/mol. The van der Waals surface area contributed by atoms with Gasteiger partial charge < -0.3 is 19.5 Å². The first-order chi connectivity index (χ1) is 10.3. The van der Waals surface area contributed by atoms with Crippen molar-refractivity contribution < 1.29 is 14.2 Å². The summed E-state index contributed by atoms with van der Waals surface area (Å²) >= 11 is 0. The Morgan fingerprint density at radius 2 is 1.55 bits per heavy atom. The summed E-state index contributed by atoms with van der Waals surface area (Å²) in [6.45, 7) is 17.1. The fourth-order valence-corrected chi connectivity index (χ4v) is 2.18. The van der Waals surface area contributed by atoms with Crippen molar-refractivity contribution in [3.05, 3.63) is 0 Å². The molecule has 4 nitrogen and oxygen atoms in total. The average molecular weight is 315 g/mol. The lowest BCUT2D eigenvalue weighted by atomic mass is 9.92. The van der Waals surface area contributed by atoms with Crippen LogP contribution in [0.1, 0.15) is 54.4 Å². The van der Waals surface area contributed by atoms with Gasteiger partial charge >= 0.3 is 0 Å². The quantitative estimate of drug-likeness (QED) is 0.594. The highest BCUT2D eigenvalue weighted by Gasteiger charge is 2.30. The standard InChI is InChI=1S/C18H37NO3/c1-14(2)15(3)13-20-9-10-22-17-11-16(12-17)21-8-7-19-18(4,5)6/h14-17,19H,7-13H2,1-6H3/t15-,16-,17-/m1/s1. The number of rotatable bonds is 11. The molecule has 1 N–H and O–H groups in total. The topological polar surface area (TPSA) is 39.7 Å². The number of ether oxygens (including phenoxy) is 3. The normalized spacial score (nSPS) is 23.6. The molecule has 0 aliphatic heterocycles. The second kappa shape index (κ2) is 9.86. The van der Waals surface area contributed by atoms with Crippen LogP contribution >= 0.6 is 0 Å². The maximum atomic E-state index is 5.82. The molecule has 1 aliphatic carbocycles. The third-order valence-electron chi connectivity index (χ3n) is 4.26. The van der Waals surface area contributed by atoms with Crippen molar-refractivity contribution in [2.75, 3.05) is 33.0 Å². The Balaban J connectivity index is 1.87. The molecule has 1 aliphatic rings. The lowest BCUT2D eigenvalue weighted by Crippen LogP contribution is -2.41. The van der Waals surface area contributed by atoms with Crippen molar-refractivity contribution in [2.24, 2.45) is 11.8 Å².